The number of para-hydroxylation sites is 2. The first-order valence-electron chi connectivity index (χ1n) is 11.4. The summed E-state index contributed by atoms with van der Waals surface area (Å²) >= 11 is 0. The number of piperidine rings is 1. The van der Waals surface area contributed by atoms with Gasteiger partial charge in [0.05, 0.1) is 29.2 Å². The fraction of sp³-hybridized carbons (Fsp3) is 0.423. The zero-order chi connectivity index (χ0) is 23.6. The van der Waals surface area contributed by atoms with E-state index in [1.165, 1.54) is 0 Å². The zero-order valence-corrected chi connectivity index (χ0v) is 19.8. The Morgan fingerprint density at radius 3 is 2.52 bits per heavy atom. The summed E-state index contributed by atoms with van der Waals surface area (Å²) < 4.78 is 7.74. The van der Waals surface area contributed by atoms with Gasteiger partial charge in [-0.2, -0.15) is 5.26 Å². The molecular weight excluding hydrogens is 414 g/mol. The molecule has 3 aromatic rings. The van der Waals surface area contributed by atoms with E-state index in [9.17, 15) is 10.1 Å². The third-order valence-corrected chi connectivity index (χ3v) is 6.08. The first kappa shape index (κ1) is 22.7. The van der Waals surface area contributed by atoms with Crippen LogP contribution in [0.4, 0.5) is 10.7 Å². The number of nitrogens with zero attached hydrogens (tertiary/aromatic N) is 5. The van der Waals surface area contributed by atoms with Crippen molar-refractivity contribution in [1.82, 2.24) is 14.5 Å². The lowest BCUT2D eigenvalue weighted by atomic mass is 10.0. The monoisotopic (exact) mass is 445 g/mol. The number of carbonyl (C=O) groups excluding carboxylic acids is 1. The molecule has 0 radical (unpaired) electrons. The number of ether oxygens (including phenoxy) is 1. The van der Waals surface area contributed by atoms with Gasteiger partial charge in [-0.05, 0) is 57.4 Å². The minimum absolute atomic E-state index is 0.133. The number of imidazole rings is 1. The Kier molecular flexibility index (Phi) is 6.28. The Morgan fingerprint density at radius 2 is 1.82 bits per heavy atom. The van der Waals surface area contributed by atoms with Crippen molar-refractivity contribution in [2.45, 2.75) is 51.8 Å². The maximum atomic E-state index is 12.5. The van der Waals surface area contributed by atoms with E-state index in [4.69, 9.17) is 9.72 Å². The largest absolute Gasteiger partial charge is 0.444 e. The fourth-order valence-electron chi connectivity index (χ4n) is 4.33. The minimum atomic E-state index is -0.503. The number of hydrogen-bond donors (Lipinski definition) is 0. The lowest BCUT2D eigenvalue weighted by Crippen LogP contribution is -2.47. The van der Waals surface area contributed by atoms with E-state index in [1.54, 1.807) is 4.90 Å². The number of carbonyl (C=O) groups is 1. The molecule has 1 aromatic heterocycles. The molecule has 0 spiro atoms. The predicted molar refractivity (Wildman–Crippen MR) is 129 cm³/mol. The molecule has 2 aromatic carbocycles. The normalized spacial score (nSPS) is 14.8. The number of anilines is 1. The number of aromatic nitrogens is 2. The van der Waals surface area contributed by atoms with E-state index in [2.05, 4.69) is 21.6 Å². The van der Waals surface area contributed by atoms with E-state index in [0.29, 0.717) is 12.1 Å². The van der Waals surface area contributed by atoms with Crippen LogP contribution in [-0.4, -0.2) is 52.3 Å². The summed E-state index contributed by atoms with van der Waals surface area (Å²) in [4.78, 5) is 21.5. The molecule has 7 heteroatoms. The Balaban J connectivity index is 1.55. The summed E-state index contributed by atoms with van der Waals surface area (Å²) in [5.74, 6) is 0.905. The van der Waals surface area contributed by atoms with Gasteiger partial charge in [0.1, 0.15) is 5.60 Å². The van der Waals surface area contributed by atoms with E-state index in [1.807, 2.05) is 70.3 Å². The second-order valence-electron chi connectivity index (χ2n) is 9.57. The summed E-state index contributed by atoms with van der Waals surface area (Å²) in [7, 11) is 1.82. The first-order valence-corrected chi connectivity index (χ1v) is 11.4. The highest BCUT2D eigenvalue weighted by atomic mass is 16.6. The van der Waals surface area contributed by atoms with Gasteiger partial charge in [0.15, 0.2) is 0 Å². The van der Waals surface area contributed by atoms with E-state index in [-0.39, 0.29) is 12.1 Å². The van der Waals surface area contributed by atoms with Crippen molar-refractivity contribution in [2.75, 3.05) is 25.0 Å². The van der Waals surface area contributed by atoms with Crippen LogP contribution in [0.3, 0.4) is 0 Å². The Morgan fingerprint density at radius 1 is 1.15 bits per heavy atom. The van der Waals surface area contributed by atoms with Crippen LogP contribution in [0, 0.1) is 11.3 Å². The predicted octanol–water partition coefficient (Wildman–Crippen LogP) is 4.79. The van der Waals surface area contributed by atoms with Crippen molar-refractivity contribution in [3.05, 3.63) is 59.7 Å². The highest BCUT2D eigenvalue weighted by Crippen LogP contribution is 2.28. The second kappa shape index (κ2) is 9.14. The molecule has 2 heterocycles. The number of benzene rings is 2. The Bertz CT molecular complexity index is 1180. The SMILES string of the molecule is CN(C(=O)OC(C)(C)C)C1CCN(c2nc3ccccc3n2Cc2ccccc2C#N)CC1. The van der Waals surface area contributed by atoms with Crippen molar-refractivity contribution in [3.8, 4) is 6.07 Å². The highest BCUT2D eigenvalue weighted by molar-refractivity contribution is 5.79. The van der Waals surface area contributed by atoms with Crippen LogP contribution in [0.25, 0.3) is 11.0 Å². The number of rotatable bonds is 4. The molecule has 1 aliphatic rings. The first-order chi connectivity index (χ1) is 15.8. The van der Waals surface area contributed by atoms with Gasteiger partial charge in [0.2, 0.25) is 5.95 Å². The molecule has 1 saturated heterocycles. The van der Waals surface area contributed by atoms with Crippen LogP contribution >= 0.6 is 0 Å². The van der Waals surface area contributed by atoms with Gasteiger partial charge in [-0.3, -0.25) is 0 Å². The molecule has 0 unspecified atom stereocenters. The molecule has 0 bridgehead atoms. The second-order valence-corrected chi connectivity index (χ2v) is 9.57. The average Bonchev–Trinajstić information content (AvgIpc) is 3.16. The summed E-state index contributed by atoms with van der Waals surface area (Å²) in [6, 6.07) is 18.3. The molecule has 0 N–H and O–H groups in total. The lowest BCUT2D eigenvalue weighted by molar-refractivity contribution is 0.0200. The molecule has 33 heavy (non-hydrogen) atoms. The van der Waals surface area contributed by atoms with Gasteiger partial charge >= 0.3 is 6.09 Å². The Labute approximate surface area is 195 Å². The van der Waals surface area contributed by atoms with Gasteiger partial charge in [-0.1, -0.05) is 30.3 Å². The molecule has 7 nitrogen and oxygen atoms in total. The molecule has 1 amide bonds. The van der Waals surface area contributed by atoms with Crippen molar-refractivity contribution in [3.63, 3.8) is 0 Å². The average molecular weight is 446 g/mol. The van der Waals surface area contributed by atoms with Crippen LogP contribution in [0.2, 0.25) is 0 Å². The number of amides is 1. The summed E-state index contributed by atoms with van der Waals surface area (Å²) in [5, 5.41) is 9.55. The summed E-state index contributed by atoms with van der Waals surface area (Å²) in [6.07, 6.45) is 1.41. The fourth-order valence-corrected chi connectivity index (χ4v) is 4.33. The third kappa shape index (κ3) is 4.95. The van der Waals surface area contributed by atoms with Gasteiger partial charge < -0.3 is 19.1 Å². The molecule has 1 fully saturated rings. The van der Waals surface area contributed by atoms with Gasteiger partial charge in [-0.25, -0.2) is 9.78 Å². The molecule has 4 rings (SSSR count). The van der Waals surface area contributed by atoms with Crippen LogP contribution in [0.15, 0.2) is 48.5 Å². The van der Waals surface area contributed by atoms with E-state index >= 15 is 0 Å². The zero-order valence-electron chi connectivity index (χ0n) is 19.8. The Hall–Kier alpha value is -3.53. The van der Waals surface area contributed by atoms with Crippen molar-refractivity contribution < 1.29 is 9.53 Å². The molecular formula is C26H31N5O2. The molecule has 1 aliphatic heterocycles. The molecule has 0 saturated carbocycles. The van der Waals surface area contributed by atoms with E-state index < -0.39 is 5.60 Å². The van der Waals surface area contributed by atoms with Crippen LogP contribution in [-0.2, 0) is 11.3 Å². The number of fused-ring (bicyclic) bond motifs is 1. The van der Waals surface area contributed by atoms with Crippen LogP contribution < -0.4 is 4.90 Å². The lowest BCUT2D eigenvalue weighted by Gasteiger charge is -2.37. The van der Waals surface area contributed by atoms with Gasteiger partial charge in [0.25, 0.3) is 0 Å². The third-order valence-electron chi connectivity index (χ3n) is 6.08. The van der Waals surface area contributed by atoms with Crippen molar-refractivity contribution >= 4 is 23.1 Å². The van der Waals surface area contributed by atoms with Gasteiger partial charge in [0, 0.05) is 26.2 Å². The smallest absolute Gasteiger partial charge is 0.410 e. The van der Waals surface area contributed by atoms with Crippen molar-refractivity contribution in [2.24, 2.45) is 0 Å². The van der Waals surface area contributed by atoms with Crippen LogP contribution in [0.1, 0.15) is 44.7 Å². The topological polar surface area (TPSA) is 74.4 Å². The highest BCUT2D eigenvalue weighted by Gasteiger charge is 2.30. The molecule has 0 aliphatic carbocycles. The van der Waals surface area contributed by atoms with Gasteiger partial charge in [-0.15, -0.1) is 0 Å². The molecule has 172 valence electrons. The van der Waals surface area contributed by atoms with Crippen molar-refractivity contribution in [1.29, 1.82) is 5.26 Å². The quantitative estimate of drug-likeness (QED) is 0.577. The number of hydrogen-bond acceptors (Lipinski definition) is 5. The van der Waals surface area contributed by atoms with E-state index in [0.717, 1.165) is 48.5 Å². The summed E-state index contributed by atoms with van der Waals surface area (Å²) in [6.45, 7) is 7.82. The van der Waals surface area contributed by atoms with Crippen LogP contribution in [0.5, 0.6) is 0 Å². The maximum Gasteiger partial charge on any atom is 0.410 e. The minimum Gasteiger partial charge on any atom is -0.444 e. The number of nitriles is 1. The summed E-state index contributed by atoms with van der Waals surface area (Å²) in [5.41, 5.74) is 3.14. The standard InChI is InChI=1S/C26H31N5O2/c1-26(2,3)33-25(32)29(4)21-13-15-30(16-14-21)24-28-22-11-7-8-12-23(22)31(24)18-20-10-6-5-9-19(20)17-27/h5-12,21H,13-16,18H2,1-4H3. The maximum absolute atomic E-state index is 12.5. The molecule has 0 atom stereocenters.